The van der Waals surface area contributed by atoms with E-state index in [1.807, 2.05) is 48.5 Å². The van der Waals surface area contributed by atoms with Crippen LogP contribution in [0.3, 0.4) is 0 Å². The van der Waals surface area contributed by atoms with Gasteiger partial charge in [-0.2, -0.15) is 8.42 Å². The van der Waals surface area contributed by atoms with E-state index in [0.29, 0.717) is 22.7 Å². The van der Waals surface area contributed by atoms with Crippen molar-refractivity contribution in [2.24, 2.45) is 0 Å². The van der Waals surface area contributed by atoms with Gasteiger partial charge in [0.15, 0.2) is 0 Å². The third-order valence-corrected chi connectivity index (χ3v) is 5.10. The van der Waals surface area contributed by atoms with Crippen LogP contribution in [0.1, 0.15) is 16.7 Å². The van der Waals surface area contributed by atoms with E-state index in [0.717, 1.165) is 22.9 Å². The van der Waals surface area contributed by atoms with Crippen molar-refractivity contribution < 1.29 is 17.4 Å². The molecule has 0 unspecified atom stereocenters. The van der Waals surface area contributed by atoms with Crippen molar-refractivity contribution in [1.82, 2.24) is 5.32 Å². The fourth-order valence-electron chi connectivity index (χ4n) is 2.67. The summed E-state index contributed by atoms with van der Waals surface area (Å²) in [5.41, 5.74) is 4.44. The van der Waals surface area contributed by atoms with E-state index in [1.54, 1.807) is 24.3 Å². The van der Waals surface area contributed by atoms with Gasteiger partial charge < -0.3 is 5.32 Å². The van der Waals surface area contributed by atoms with Crippen LogP contribution in [0.4, 0.5) is 0 Å². The van der Waals surface area contributed by atoms with Gasteiger partial charge in [-0.15, -0.1) is 0 Å². The van der Waals surface area contributed by atoms with Gasteiger partial charge in [0.05, 0.1) is 12.9 Å². The lowest BCUT2D eigenvalue weighted by atomic mass is 10.0. The molecule has 0 radical (unpaired) electrons. The molecule has 158 valence electrons. The Balaban J connectivity index is 1.51. The molecule has 7 heteroatoms. The summed E-state index contributed by atoms with van der Waals surface area (Å²) in [6, 6.07) is 22.3. The molecule has 0 saturated heterocycles. The Morgan fingerprint density at radius 3 is 2.03 bits per heavy atom. The largest absolute Gasteiger partial charge is 0.341 e. The number of carbonyl (C=O) groups is 1. The van der Waals surface area contributed by atoms with Crippen molar-refractivity contribution in [3.8, 4) is 23.0 Å². The second-order valence-electron chi connectivity index (χ2n) is 6.80. The highest BCUT2D eigenvalue weighted by atomic mass is 35.5. The molecule has 31 heavy (non-hydrogen) atoms. The highest BCUT2D eigenvalue weighted by Crippen LogP contribution is 2.21. The van der Waals surface area contributed by atoms with Gasteiger partial charge >= 0.3 is 0 Å². The molecule has 0 fully saturated rings. The second-order valence-corrected chi connectivity index (χ2v) is 8.88. The Labute approximate surface area is 187 Å². The van der Waals surface area contributed by atoms with E-state index >= 15 is 0 Å². The van der Waals surface area contributed by atoms with Gasteiger partial charge in [-0.05, 0) is 46.5 Å². The van der Waals surface area contributed by atoms with Gasteiger partial charge in [0, 0.05) is 23.1 Å². The predicted octanol–water partition coefficient (Wildman–Crippen LogP) is 4.15. The molecule has 3 aromatic rings. The van der Waals surface area contributed by atoms with Crippen molar-refractivity contribution in [1.29, 1.82) is 0 Å². The third kappa shape index (κ3) is 7.58. The molecule has 1 N–H and O–H groups in total. The normalized spacial score (nSPS) is 10.8. The maximum absolute atomic E-state index is 12.0. The van der Waals surface area contributed by atoms with E-state index in [9.17, 15) is 13.2 Å². The van der Waals surface area contributed by atoms with Crippen molar-refractivity contribution >= 4 is 27.6 Å². The van der Waals surface area contributed by atoms with Gasteiger partial charge in [0.25, 0.3) is 16.0 Å². The fraction of sp³-hybridized carbons (Fsp3) is 0.125. The smallest absolute Gasteiger partial charge is 0.296 e. The first-order chi connectivity index (χ1) is 14.8. The molecule has 1 amide bonds. The molecular weight excluding hydrogens is 434 g/mol. The number of hydrogen-bond acceptors (Lipinski definition) is 4. The van der Waals surface area contributed by atoms with Crippen LogP contribution in [0.2, 0.25) is 5.02 Å². The number of carbonyl (C=O) groups excluding carboxylic acids is 1. The van der Waals surface area contributed by atoms with Crippen molar-refractivity contribution in [3.63, 3.8) is 0 Å². The van der Waals surface area contributed by atoms with E-state index in [1.165, 1.54) is 0 Å². The van der Waals surface area contributed by atoms with E-state index in [2.05, 4.69) is 17.2 Å². The Morgan fingerprint density at radius 2 is 1.45 bits per heavy atom. The Morgan fingerprint density at radius 1 is 0.903 bits per heavy atom. The molecule has 0 aliphatic carbocycles. The molecule has 0 heterocycles. The van der Waals surface area contributed by atoms with Crippen LogP contribution in [0.25, 0.3) is 11.1 Å². The molecule has 0 spiro atoms. The van der Waals surface area contributed by atoms with Gasteiger partial charge in [-0.3, -0.25) is 8.98 Å². The maximum atomic E-state index is 12.0. The molecule has 5 nitrogen and oxygen atoms in total. The first kappa shape index (κ1) is 22.6. The predicted molar refractivity (Wildman–Crippen MR) is 122 cm³/mol. The molecule has 0 saturated carbocycles. The zero-order chi connectivity index (χ0) is 22.3. The summed E-state index contributed by atoms with van der Waals surface area (Å²) in [5, 5.41) is 3.46. The van der Waals surface area contributed by atoms with Crippen LogP contribution >= 0.6 is 11.6 Å². The summed E-state index contributed by atoms with van der Waals surface area (Å²) in [4.78, 5) is 12.0. The zero-order valence-corrected chi connectivity index (χ0v) is 18.3. The summed E-state index contributed by atoms with van der Waals surface area (Å²) >= 11 is 5.92. The molecule has 0 atom stereocenters. The first-order valence-electron chi connectivity index (χ1n) is 9.36. The van der Waals surface area contributed by atoms with Crippen LogP contribution in [-0.2, 0) is 32.2 Å². The molecular formula is C24H20ClNO4S. The van der Waals surface area contributed by atoms with Crippen LogP contribution in [0.5, 0.6) is 0 Å². The van der Waals surface area contributed by atoms with Crippen LogP contribution < -0.4 is 5.32 Å². The minimum Gasteiger partial charge on any atom is -0.341 e. The fourth-order valence-corrected chi connectivity index (χ4v) is 3.15. The second kappa shape index (κ2) is 10.3. The quantitative estimate of drug-likeness (QED) is 0.449. The molecule has 0 aliphatic heterocycles. The van der Waals surface area contributed by atoms with Crippen LogP contribution in [0.15, 0.2) is 72.8 Å². The number of amides is 1. The van der Waals surface area contributed by atoms with Gasteiger partial charge in [0.1, 0.15) is 0 Å². The molecule has 3 rings (SSSR count). The number of nitrogens with one attached hydrogen (secondary N) is 1. The van der Waals surface area contributed by atoms with Crippen molar-refractivity contribution in [3.05, 3.63) is 94.5 Å². The minimum atomic E-state index is -3.49. The summed E-state index contributed by atoms with van der Waals surface area (Å²) in [6.07, 6.45) is 0.999. The summed E-state index contributed by atoms with van der Waals surface area (Å²) in [5.74, 6) is 4.95. The van der Waals surface area contributed by atoms with E-state index in [-0.39, 0.29) is 12.5 Å². The van der Waals surface area contributed by atoms with E-state index < -0.39 is 10.1 Å². The van der Waals surface area contributed by atoms with Crippen molar-refractivity contribution in [2.45, 2.75) is 13.2 Å². The average Bonchev–Trinajstić information content (AvgIpc) is 2.76. The Bertz CT molecular complexity index is 1210. The number of benzene rings is 3. The summed E-state index contributed by atoms with van der Waals surface area (Å²) in [6.45, 7) is 0.333. The average molecular weight is 454 g/mol. The van der Waals surface area contributed by atoms with Gasteiger partial charge in [-0.1, -0.05) is 66.1 Å². The van der Waals surface area contributed by atoms with Crippen LogP contribution in [-0.4, -0.2) is 20.6 Å². The number of rotatable bonds is 6. The van der Waals surface area contributed by atoms with Gasteiger partial charge in [0.2, 0.25) is 0 Å². The number of halogens is 1. The topological polar surface area (TPSA) is 72.5 Å². The Hall–Kier alpha value is -3.11. The summed E-state index contributed by atoms with van der Waals surface area (Å²) < 4.78 is 26.8. The third-order valence-electron chi connectivity index (χ3n) is 4.30. The van der Waals surface area contributed by atoms with Crippen molar-refractivity contribution in [2.75, 3.05) is 6.26 Å². The Kier molecular flexibility index (Phi) is 7.48. The van der Waals surface area contributed by atoms with Crippen LogP contribution in [0, 0.1) is 11.8 Å². The minimum absolute atomic E-state index is 0.0379. The lowest BCUT2D eigenvalue weighted by molar-refractivity contribution is -0.115. The maximum Gasteiger partial charge on any atom is 0.296 e. The molecule has 0 aromatic heterocycles. The molecule has 0 bridgehead atoms. The standard InChI is InChI=1S/C24H20ClNO4S/c1-31(28,29)30-17-20-4-2-18(3-5-20)8-15-24(27)26-16-19-6-9-21(10-7-19)22-11-13-23(25)14-12-22/h2-7,9-14H,16-17H2,1H3,(H,26,27). The lowest BCUT2D eigenvalue weighted by Crippen LogP contribution is -2.20. The first-order valence-corrected chi connectivity index (χ1v) is 11.6. The zero-order valence-electron chi connectivity index (χ0n) is 16.8. The van der Waals surface area contributed by atoms with E-state index in [4.69, 9.17) is 15.8 Å². The highest BCUT2D eigenvalue weighted by molar-refractivity contribution is 7.85. The summed E-state index contributed by atoms with van der Waals surface area (Å²) in [7, 11) is -3.49. The van der Waals surface area contributed by atoms with Gasteiger partial charge in [-0.25, -0.2) is 0 Å². The lowest BCUT2D eigenvalue weighted by Gasteiger charge is -2.05. The molecule has 0 aliphatic rings. The SMILES string of the molecule is CS(=O)(=O)OCc1ccc(C#CC(=O)NCc2ccc(-c3ccc(Cl)cc3)cc2)cc1. The number of hydrogen-bond donors (Lipinski definition) is 1. The monoisotopic (exact) mass is 453 g/mol. The highest BCUT2D eigenvalue weighted by Gasteiger charge is 2.03. The molecule has 3 aromatic carbocycles.